The number of hydrogen-bond donors (Lipinski definition) is 0. The summed E-state index contributed by atoms with van der Waals surface area (Å²) >= 11 is 0. The molecule has 6 aromatic carbocycles. The quantitative estimate of drug-likeness (QED) is 0.206. The molecule has 0 aliphatic carbocycles. The third-order valence-corrected chi connectivity index (χ3v) is 6.92. The van der Waals surface area contributed by atoms with Crippen LogP contribution < -0.4 is 0 Å². The Hall–Kier alpha value is -4.94. The molecular formula is C38H28. The summed E-state index contributed by atoms with van der Waals surface area (Å²) in [6.45, 7) is 0. The van der Waals surface area contributed by atoms with Gasteiger partial charge in [-0.15, -0.1) is 0 Å². The Balaban J connectivity index is 1.59. The predicted octanol–water partition coefficient (Wildman–Crippen LogP) is 10.5. The summed E-state index contributed by atoms with van der Waals surface area (Å²) in [6.07, 6.45) is 4.44. The highest BCUT2D eigenvalue weighted by molar-refractivity contribution is 5.93. The zero-order valence-corrected chi connectivity index (χ0v) is 21.2. The third-order valence-electron chi connectivity index (χ3n) is 6.92. The maximum Gasteiger partial charge on any atom is -0.00930 e. The fraction of sp³-hybridized carbons (Fsp3) is 0. The van der Waals surface area contributed by atoms with Crippen molar-refractivity contribution < 1.29 is 0 Å². The summed E-state index contributed by atoms with van der Waals surface area (Å²) in [5.41, 5.74) is 12.1. The van der Waals surface area contributed by atoms with E-state index in [2.05, 4.69) is 170 Å². The number of rotatable bonds is 6. The van der Waals surface area contributed by atoms with Gasteiger partial charge in [0.05, 0.1) is 0 Å². The first kappa shape index (κ1) is 23.5. The predicted molar refractivity (Wildman–Crippen MR) is 164 cm³/mol. The van der Waals surface area contributed by atoms with Crippen molar-refractivity contribution in [3.8, 4) is 44.5 Å². The second kappa shape index (κ2) is 11.0. The van der Waals surface area contributed by atoms with Gasteiger partial charge in [-0.3, -0.25) is 0 Å². The molecule has 0 aliphatic heterocycles. The number of hydrogen-bond acceptors (Lipinski definition) is 0. The van der Waals surface area contributed by atoms with Gasteiger partial charge in [0.25, 0.3) is 0 Å². The van der Waals surface area contributed by atoms with Gasteiger partial charge >= 0.3 is 0 Å². The van der Waals surface area contributed by atoms with Crippen LogP contribution in [-0.2, 0) is 0 Å². The summed E-state index contributed by atoms with van der Waals surface area (Å²) in [4.78, 5) is 0. The molecule has 0 fully saturated rings. The van der Waals surface area contributed by atoms with E-state index in [-0.39, 0.29) is 0 Å². The Morgan fingerprint density at radius 1 is 0.289 bits per heavy atom. The molecule has 0 saturated heterocycles. The maximum atomic E-state index is 2.35. The van der Waals surface area contributed by atoms with Gasteiger partial charge in [0.1, 0.15) is 0 Å². The fourth-order valence-electron chi connectivity index (χ4n) is 4.94. The van der Waals surface area contributed by atoms with E-state index in [4.69, 9.17) is 0 Å². The van der Waals surface area contributed by atoms with Gasteiger partial charge in [0.15, 0.2) is 0 Å². The van der Waals surface area contributed by atoms with E-state index in [9.17, 15) is 0 Å². The molecule has 0 N–H and O–H groups in total. The normalized spacial score (nSPS) is 11.1. The molecule has 0 saturated carbocycles. The van der Waals surface area contributed by atoms with Crippen LogP contribution in [0.15, 0.2) is 158 Å². The van der Waals surface area contributed by atoms with Gasteiger partial charge in [-0.2, -0.15) is 0 Å². The van der Waals surface area contributed by atoms with Crippen molar-refractivity contribution in [2.45, 2.75) is 0 Å². The van der Waals surface area contributed by atoms with E-state index in [1.54, 1.807) is 0 Å². The molecule has 180 valence electrons. The van der Waals surface area contributed by atoms with Gasteiger partial charge in [-0.05, 0) is 67.8 Å². The average Bonchev–Trinajstić information content (AvgIpc) is 3.01. The van der Waals surface area contributed by atoms with E-state index < -0.39 is 0 Å². The zero-order valence-electron chi connectivity index (χ0n) is 21.2. The molecule has 6 aromatic rings. The Labute approximate surface area is 225 Å². The van der Waals surface area contributed by atoms with Crippen molar-refractivity contribution in [1.29, 1.82) is 0 Å². The van der Waals surface area contributed by atoms with Crippen LogP contribution in [0.4, 0.5) is 0 Å². The summed E-state index contributed by atoms with van der Waals surface area (Å²) in [6, 6.07) is 56.1. The molecule has 0 aliphatic rings. The maximum absolute atomic E-state index is 2.35. The molecule has 0 radical (unpaired) electrons. The van der Waals surface area contributed by atoms with Gasteiger partial charge in [-0.1, -0.05) is 158 Å². The highest BCUT2D eigenvalue weighted by Crippen LogP contribution is 2.39. The van der Waals surface area contributed by atoms with Crippen molar-refractivity contribution in [2.24, 2.45) is 0 Å². The zero-order chi connectivity index (χ0) is 25.6. The average molecular weight is 485 g/mol. The van der Waals surface area contributed by atoms with Crippen LogP contribution in [0.3, 0.4) is 0 Å². The van der Waals surface area contributed by atoms with Crippen LogP contribution in [0, 0.1) is 0 Å². The summed E-state index contributed by atoms with van der Waals surface area (Å²) in [5.74, 6) is 0. The smallest absolute Gasteiger partial charge is 0.00930 e. The molecule has 0 atom stereocenters. The highest BCUT2D eigenvalue weighted by atomic mass is 14.2. The minimum Gasteiger partial charge on any atom is -0.0622 e. The van der Waals surface area contributed by atoms with Gasteiger partial charge in [0.2, 0.25) is 0 Å². The molecule has 0 heterocycles. The standard InChI is InChI=1S/C38H28/c1-5-13-29(14-6-1)21-22-33-23-24-34(30-15-7-2-8-16-30)27-37(33)38-28-35(31-17-9-3-10-18-31)25-26-36(38)32-19-11-4-12-20-32/h1-28H. The molecule has 0 spiro atoms. The second-order valence-corrected chi connectivity index (χ2v) is 9.40. The van der Waals surface area contributed by atoms with Crippen LogP contribution in [0.2, 0.25) is 0 Å². The highest BCUT2D eigenvalue weighted by Gasteiger charge is 2.14. The van der Waals surface area contributed by atoms with Crippen LogP contribution in [0.1, 0.15) is 11.1 Å². The van der Waals surface area contributed by atoms with Crippen LogP contribution >= 0.6 is 0 Å². The monoisotopic (exact) mass is 484 g/mol. The Kier molecular flexibility index (Phi) is 6.78. The minimum atomic E-state index is 1.19. The lowest BCUT2D eigenvalue weighted by atomic mass is 9.87. The molecule has 0 nitrogen and oxygen atoms in total. The molecular weight excluding hydrogens is 456 g/mol. The Bertz CT molecular complexity index is 1660. The third kappa shape index (κ3) is 5.12. The SMILES string of the molecule is C(=Cc1ccc(-c2ccccc2)cc1-c1cc(-c2ccccc2)ccc1-c1ccccc1)c1ccccc1. The summed E-state index contributed by atoms with van der Waals surface area (Å²) in [7, 11) is 0. The fourth-order valence-corrected chi connectivity index (χ4v) is 4.94. The summed E-state index contributed by atoms with van der Waals surface area (Å²) in [5, 5.41) is 0. The first-order chi connectivity index (χ1) is 18.8. The lowest BCUT2D eigenvalue weighted by molar-refractivity contribution is 1.54. The molecule has 0 aromatic heterocycles. The van der Waals surface area contributed by atoms with Gasteiger partial charge < -0.3 is 0 Å². The van der Waals surface area contributed by atoms with Crippen LogP contribution in [-0.4, -0.2) is 0 Å². The molecule has 0 unspecified atom stereocenters. The molecule has 0 heteroatoms. The Morgan fingerprint density at radius 3 is 1.34 bits per heavy atom. The largest absolute Gasteiger partial charge is 0.0622 e. The minimum absolute atomic E-state index is 1.19. The van der Waals surface area contributed by atoms with Crippen molar-refractivity contribution in [3.05, 3.63) is 169 Å². The summed E-state index contributed by atoms with van der Waals surface area (Å²) < 4.78 is 0. The van der Waals surface area contributed by atoms with E-state index in [0.717, 1.165) is 0 Å². The molecule has 6 rings (SSSR count). The first-order valence-corrected chi connectivity index (χ1v) is 13.0. The first-order valence-electron chi connectivity index (χ1n) is 13.0. The van der Waals surface area contributed by atoms with E-state index in [1.807, 2.05) is 0 Å². The van der Waals surface area contributed by atoms with Gasteiger partial charge in [-0.25, -0.2) is 0 Å². The lowest BCUT2D eigenvalue weighted by Crippen LogP contribution is -1.91. The molecule has 38 heavy (non-hydrogen) atoms. The van der Waals surface area contributed by atoms with Crippen molar-refractivity contribution in [2.75, 3.05) is 0 Å². The molecule has 0 bridgehead atoms. The van der Waals surface area contributed by atoms with E-state index in [1.165, 1.54) is 55.6 Å². The molecule has 0 amide bonds. The van der Waals surface area contributed by atoms with Crippen molar-refractivity contribution in [3.63, 3.8) is 0 Å². The topological polar surface area (TPSA) is 0 Å². The van der Waals surface area contributed by atoms with Crippen molar-refractivity contribution in [1.82, 2.24) is 0 Å². The Morgan fingerprint density at radius 2 is 0.763 bits per heavy atom. The van der Waals surface area contributed by atoms with Crippen LogP contribution in [0.5, 0.6) is 0 Å². The van der Waals surface area contributed by atoms with E-state index >= 15 is 0 Å². The van der Waals surface area contributed by atoms with Crippen molar-refractivity contribution >= 4 is 12.2 Å². The van der Waals surface area contributed by atoms with Gasteiger partial charge in [0, 0.05) is 0 Å². The lowest BCUT2D eigenvalue weighted by Gasteiger charge is -2.17. The second-order valence-electron chi connectivity index (χ2n) is 9.40. The van der Waals surface area contributed by atoms with Crippen LogP contribution in [0.25, 0.3) is 56.7 Å². The number of benzene rings is 6. The van der Waals surface area contributed by atoms with E-state index in [0.29, 0.717) is 0 Å².